The second-order valence-corrected chi connectivity index (χ2v) is 13.8. The van der Waals surface area contributed by atoms with Gasteiger partial charge in [-0.05, 0) is 108 Å². The van der Waals surface area contributed by atoms with Gasteiger partial charge in [-0.3, -0.25) is 0 Å². The van der Waals surface area contributed by atoms with Crippen LogP contribution in [0.2, 0.25) is 0 Å². The third-order valence-corrected chi connectivity index (χ3v) is 10.4. The molecule has 0 saturated heterocycles. The largest absolute Gasteiger partial charge is 0.456 e. The van der Waals surface area contributed by atoms with Crippen LogP contribution in [0.3, 0.4) is 0 Å². The summed E-state index contributed by atoms with van der Waals surface area (Å²) in [6, 6.07) is 52.9. The Morgan fingerprint density at radius 2 is 1.26 bits per heavy atom. The molecule has 261 valence electrons. The molecule has 0 saturated carbocycles. The number of nitrogens with zero attached hydrogens (tertiary/aromatic N) is 3. The van der Waals surface area contributed by atoms with Crippen molar-refractivity contribution < 1.29 is 24.5 Å². The van der Waals surface area contributed by atoms with E-state index in [1.807, 2.05) is 66.9 Å². The minimum absolute atomic E-state index is 0. The number of aromatic nitrogens is 3. The molecule has 0 fully saturated rings. The molecule has 0 atom stereocenters. The fraction of sp³-hybridized carbons (Fsp3) is 0.0612. The summed E-state index contributed by atoms with van der Waals surface area (Å²) in [6.07, 6.45) is 3.63. The smallest absolute Gasteiger partial charge is 0.136 e. The summed E-state index contributed by atoms with van der Waals surface area (Å²) < 4.78 is 8.77. The molecule has 0 aliphatic heterocycles. The first-order valence-electron chi connectivity index (χ1n) is 17.9. The molecule has 1 radical (unpaired) electrons. The number of benzene rings is 6. The molecule has 0 spiro atoms. The van der Waals surface area contributed by atoms with Crippen LogP contribution in [0.1, 0.15) is 16.7 Å². The van der Waals surface area contributed by atoms with Gasteiger partial charge in [0.15, 0.2) is 0 Å². The van der Waals surface area contributed by atoms with Crippen molar-refractivity contribution >= 4 is 60.0 Å². The summed E-state index contributed by atoms with van der Waals surface area (Å²) in [6.45, 7) is 6.63. The summed E-state index contributed by atoms with van der Waals surface area (Å²) in [5, 5.41) is 7.29. The zero-order valence-corrected chi connectivity index (χ0v) is 32.3. The van der Waals surface area contributed by atoms with E-state index in [1.165, 1.54) is 65.8 Å². The molecule has 11 rings (SSSR count). The van der Waals surface area contributed by atoms with Crippen LogP contribution in [-0.4, -0.2) is 14.4 Å². The molecule has 5 heteroatoms. The van der Waals surface area contributed by atoms with Crippen molar-refractivity contribution in [2.75, 3.05) is 0 Å². The first-order chi connectivity index (χ1) is 26.0. The van der Waals surface area contributed by atoms with Crippen molar-refractivity contribution in [2.45, 2.75) is 20.8 Å². The first-order valence-corrected chi connectivity index (χ1v) is 17.9. The Bertz CT molecular complexity index is 3070. The van der Waals surface area contributed by atoms with Gasteiger partial charge in [0.2, 0.25) is 0 Å². The quantitative estimate of drug-likeness (QED) is 0.166. The number of para-hydroxylation sites is 1. The average molecular weight is 872 g/mol. The molecular formula is C49H33IrN3O-2. The molecule has 5 heterocycles. The first kappa shape index (κ1) is 33.7. The molecule has 6 aromatic carbocycles. The van der Waals surface area contributed by atoms with Crippen molar-refractivity contribution in [3.8, 4) is 33.6 Å². The standard InChI is InChI=1S/C38H25N2O.C11H8N.Ir/c1-21-16-22(2)35(23(3)17-21)25-19-28-27-18-24(30-9-6-7-15-39-30)11-12-31(27)40-32-13-14-34-37(36(32)29(20-25)38(28)40)26-8-4-5-10-33(26)41-34;1-2-6-10(7-3-1)11-8-4-5-9-12-11;/h4-10,12-20H,1-3H3;1-6,8-9H;/q2*-1;. The molecule has 0 unspecified atom stereocenters. The average Bonchev–Trinajstić information content (AvgIpc) is 3.85. The molecule has 5 aromatic heterocycles. The number of hydrogen-bond donors (Lipinski definition) is 0. The van der Waals surface area contributed by atoms with Gasteiger partial charge in [-0.15, -0.1) is 59.7 Å². The summed E-state index contributed by atoms with van der Waals surface area (Å²) in [5.41, 5.74) is 15.8. The zero-order valence-electron chi connectivity index (χ0n) is 29.9. The number of furan rings is 1. The topological polar surface area (TPSA) is 43.3 Å². The number of fused-ring (bicyclic) bond motifs is 10. The Hall–Kier alpha value is -6.13. The van der Waals surface area contributed by atoms with Crippen LogP contribution < -0.4 is 0 Å². The molecule has 0 aliphatic carbocycles. The van der Waals surface area contributed by atoms with Crippen molar-refractivity contribution in [1.29, 1.82) is 0 Å². The maximum Gasteiger partial charge on any atom is 0.136 e. The van der Waals surface area contributed by atoms with Gasteiger partial charge in [-0.1, -0.05) is 65.5 Å². The number of rotatable bonds is 3. The molecule has 0 amide bonds. The van der Waals surface area contributed by atoms with E-state index in [-0.39, 0.29) is 20.1 Å². The SMILES string of the molecule is Cc1cc(C)c(-c2cc3c4cc(-c5ccccn5)[c-]cc4n4c5ccc6oc7ccccc7c6c5c(c2)c34)c(C)c1.[Ir].[c-]1ccccc1-c1ccccn1. The molecule has 0 bridgehead atoms. The molecule has 0 N–H and O–H groups in total. The van der Waals surface area contributed by atoms with E-state index >= 15 is 0 Å². The third kappa shape index (κ3) is 5.39. The Morgan fingerprint density at radius 1 is 0.556 bits per heavy atom. The second kappa shape index (κ2) is 13.4. The predicted octanol–water partition coefficient (Wildman–Crippen LogP) is 12.7. The van der Waals surface area contributed by atoms with E-state index in [1.54, 1.807) is 6.20 Å². The summed E-state index contributed by atoms with van der Waals surface area (Å²) >= 11 is 0. The Labute approximate surface area is 326 Å². The Kier molecular flexibility index (Phi) is 8.34. The molecule has 11 aromatic rings. The van der Waals surface area contributed by atoms with E-state index in [4.69, 9.17) is 4.42 Å². The molecule has 4 nitrogen and oxygen atoms in total. The Morgan fingerprint density at radius 3 is 1.98 bits per heavy atom. The van der Waals surface area contributed by atoms with Crippen LogP contribution in [0.25, 0.3) is 93.7 Å². The monoisotopic (exact) mass is 872 g/mol. The van der Waals surface area contributed by atoms with Gasteiger partial charge in [0.1, 0.15) is 11.2 Å². The summed E-state index contributed by atoms with van der Waals surface area (Å²) in [4.78, 5) is 8.83. The van der Waals surface area contributed by atoms with Gasteiger partial charge in [0.25, 0.3) is 0 Å². The van der Waals surface area contributed by atoms with Crippen LogP contribution in [0.15, 0.2) is 150 Å². The van der Waals surface area contributed by atoms with Crippen molar-refractivity contribution in [3.05, 3.63) is 175 Å². The minimum atomic E-state index is 0. The number of pyridine rings is 2. The maximum atomic E-state index is 6.35. The Balaban J connectivity index is 0.000000253. The normalized spacial score (nSPS) is 11.5. The van der Waals surface area contributed by atoms with Crippen molar-refractivity contribution in [3.63, 3.8) is 0 Å². The zero-order chi connectivity index (χ0) is 35.6. The van der Waals surface area contributed by atoms with Gasteiger partial charge < -0.3 is 18.8 Å². The van der Waals surface area contributed by atoms with Gasteiger partial charge in [0, 0.05) is 59.6 Å². The second-order valence-electron chi connectivity index (χ2n) is 13.8. The predicted molar refractivity (Wildman–Crippen MR) is 219 cm³/mol. The van der Waals surface area contributed by atoms with E-state index < -0.39 is 0 Å². The van der Waals surface area contributed by atoms with E-state index in [0.29, 0.717) is 0 Å². The van der Waals surface area contributed by atoms with Crippen LogP contribution in [-0.2, 0) is 20.1 Å². The van der Waals surface area contributed by atoms with Gasteiger partial charge in [0.05, 0.1) is 5.52 Å². The number of hydrogen-bond acceptors (Lipinski definition) is 3. The molecule has 54 heavy (non-hydrogen) atoms. The van der Waals surface area contributed by atoms with Crippen molar-refractivity contribution in [1.82, 2.24) is 14.4 Å². The summed E-state index contributed by atoms with van der Waals surface area (Å²) in [5.74, 6) is 0. The maximum absolute atomic E-state index is 6.35. The summed E-state index contributed by atoms with van der Waals surface area (Å²) in [7, 11) is 0. The van der Waals surface area contributed by atoms with Crippen LogP contribution >= 0.6 is 0 Å². The molecular weight excluding hydrogens is 839 g/mol. The van der Waals surface area contributed by atoms with E-state index in [2.05, 4.69) is 120 Å². The third-order valence-electron chi connectivity index (χ3n) is 10.4. The fourth-order valence-corrected chi connectivity index (χ4v) is 8.32. The fourth-order valence-electron chi connectivity index (χ4n) is 8.32. The van der Waals surface area contributed by atoms with Gasteiger partial charge >= 0.3 is 0 Å². The number of aryl methyl sites for hydroxylation is 3. The minimum Gasteiger partial charge on any atom is -0.456 e. The van der Waals surface area contributed by atoms with E-state index in [0.717, 1.165) is 44.6 Å². The van der Waals surface area contributed by atoms with Crippen LogP contribution in [0.5, 0.6) is 0 Å². The van der Waals surface area contributed by atoms with Crippen LogP contribution in [0.4, 0.5) is 0 Å². The van der Waals surface area contributed by atoms with Crippen molar-refractivity contribution in [2.24, 2.45) is 0 Å². The molecule has 0 aliphatic rings. The van der Waals surface area contributed by atoms with Gasteiger partial charge in [-0.2, -0.15) is 0 Å². The van der Waals surface area contributed by atoms with Crippen LogP contribution in [0, 0.1) is 32.9 Å². The van der Waals surface area contributed by atoms with Gasteiger partial charge in [-0.25, -0.2) is 0 Å². The van der Waals surface area contributed by atoms with E-state index in [9.17, 15) is 0 Å².